The molecule has 0 bridgehead atoms. The number of likely N-dealkylation sites (tertiary alicyclic amines) is 1. The maximum Gasteiger partial charge on any atom is 0.251 e. The van der Waals surface area contributed by atoms with E-state index in [2.05, 4.69) is 70.7 Å². The predicted molar refractivity (Wildman–Crippen MR) is 118 cm³/mol. The average Bonchev–Trinajstić information content (AvgIpc) is 2.77. The molecule has 0 saturated carbocycles. The van der Waals surface area contributed by atoms with Crippen LogP contribution in [0.3, 0.4) is 0 Å². The minimum Gasteiger partial charge on any atom is -0.390 e. The molecule has 0 unspecified atom stereocenters. The number of hydrogen-bond donors (Lipinski definition) is 2. The number of carbonyl (C=O) groups excluding carboxylic acids is 1. The molecule has 5 heteroatoms. The quantitative estimate of drug-likeness (QED) is 0.688. The van der Waals surface area contributed by atoms with Gasteiger partial charge in [-0.15, -0.1) is 0 Å². The Kier molecular flexibility index (Phi) is 6.21. The zero-order valence-electron chi connectivity index (χ0n) is 17.2. The molecule has 2 aromatic carbocycles. The number of aryl methyl sites for hydroxylation is 1. The van der Waals surface area contributed by atoms with Gasteiger partial charge in [0.15, 0.2) is 0 Å². The molecule has 1 aliphatic rings. The van der Waals surface area contributed by atoms with E-state index in [0.717, 1.165) is 19.5 Å². The summed E-state index contributed by atoms with van der Waals surface area (Å²) in [6.45, 7) is 4.27. The van der Waals surface area contributed by atoms with Crippen molar-refractivity contribution in [2.75, 3.05) is 13.1 Å². The minimum atomic E-state index is -0.587. The van der Waals surface area contributed by atoms with Crippen molar-refractivity contribution in [1.29, 1.82) is 0 Å². The molecule has 1 saturated heterocycles. The van der Waals surface area contributed by atoms with Crippen LogP contribution >= 0.6 is 0 Å². The first-order chi connectivity index (χ1) is 14.6. The number of nitrogens with zero attached hydrogens (tertiary/aromatic N) is 2. The molecule has 30 heavy (non-hydrogen) atoms. The van der Waals surface area contributed by atoms with Crippen LogP contribution in [0.25, 0.3) is 11.1 Å². The number of rotatable bonds is 5. The zero-order valence-corrected chi connectivity index (χ0v) is 17.2. The average molecular weight is 402 g/mol. The van der Waals surface area contributed by atoms with Gasteiger partial charge in [-0.25, -0.2) is 0 Å². The summed E-state index contributed by atoms with van der Waals surface area (Å²) in [5.74, 6) is -0.165. The smallest absolute Gasteiger partial charge is 0.251 e. The fourth-order valence-electron chi connectivity index (χ4n) is 3.95. The standard InChI is InChI=1S/C25H27N3O2/c1-18-3-2-4-22(15-18)20-7-5-19(6-8-20)16-28-14-11-23(24(29)17-28)27-25(30)21-9-12-26-13-10-21/h2-10,12-13,15,23-24,29H,11,14,16-17H2,1H3,(H,27,30)/t23-,24-/m1/s1. The molecule has 0 spiro atoms. The molecule has 2 atom stereocenters. The lowest BCUT2D eigenvalue weighted by Crippen LogP contribution is -2.53. The van der Waals surface area contributed by atoms with Crippen molar-refractivity contribution >= 4 is 5.91 Å². The topological polar surface area (TPSA) is 65.5 Å². The molecule has 2 N–H and O–H groups in total. The van der Waals surface area contributed by atoms with Gasteiger partial charge in [0.2, 0.25) is 0 Å². The number of aliphatic hydroxyl groups is 1. The van der Waals surface area contributed by atoms with E-state index in [1.165, 1.54) is 22.3 Å². The van der Waals surface area contributed by atoms with Crippen LogP contribution < -0.4 is 5.32 Å². The van der Waals surface area contributed by atoms with Crippen molar-refractivity contribution in [1.82, 2.24) is 15.2 Å². The molecule has 0 aliphatic carbocycles. The number of aliphatic hydroxyl groups excluding tert-OH is 1. The molecule has 0 radical (unpaired) electrons. The second-order valence-corrected chi connectivity index (χ2v) is 7.97. The Morgan fingerprint density at radius 3 is 2.57 bits per heavy atom. The zero-order chi connectivity index (χ0) is 20.9. The summed E-state index contributed by atoms with van der Waals surface area (Å²) in [6.07, 6.45) is 3.33. The van der Waals surface area contributed by atoms with Crippen LogP contribution in [0, 0.1) is 6.92 Å². The van der Waals surface area contributed by atoms with Crippen LogP contribution in [0.15, 0.2) is 73.1 Å². The normalized spacial score (nSPS) is 19.4. The summed E-state index contributed by atoms with van der Waals surface area (Å²) in [5.41, 5.74) is 5.47. The third-order valence-electron chi connectivity index (χ3n) is 5.64. The van der Waals surface area contributed by atoms with Crippen molar-refractivity contribution in [3.05, 3.63) is 89.7 Å². The molecule has 154 valence electrons. The van der Waals surface area contributed by atoms with Crippen molar-refractivity contribution in [3.8, 4) is 11.1 Å². The highest BCUT2D eigenvalue weighted by Gasteiger charge is 2.29. The van der Waals surface area contributed by atoms with E-state index in [0.29, 0.717) is 12.1 Å². The number of β-amino-alcohol motifs (C(OH)–C–C–N with tert-alkyl or cyclic N) is 1. The van der Waals surface area contributed by atoms with Crippen LogP contribution in [0.2, 0.25) is 0 Å². The number of piperidine rings is 1. The van der Waals surface area contributed by atoms with Gasteiger partial charge in [0.05, 0.1) is 12.1 Å². The van der Waals surface area contributed by atoms with E-state index < -0.39 is 6.10 Å². The number of nitrogens with one attached hydrogen (secondary N) is 1. The number of hydrogen-bond acceptors (Lipinski definition) is 4. The van der Waals surface area contributed by atoms with Gasteiger partial charge in [-0.05, 0) is 42.2 Å². The van der Waals surface area contributed by atoms with Crippen molar-refractivity contribution in [3.63, 3.8) is 0 Å². The van der Waals surface area contributed by atoms with Gasteiger partial charge in [-0.2, -0.15) is 0 Å². The van der Waals surface area contributed by atoms with E-state index in [1.54, 1.807) is 24.5 Å². The maximum absolute atomic E-state index is 12.3. The van der Waals surface area contributed by atoms with Gasteiger partial charge < -0.3 is 10.4 Å². The highest BCUT2D eigenvalue weighted by Crippen LogP contribution is 2.22. The summed E-state index contributed by atoms with van der Waals surface area (Å²) >= 11 is 0. The lowest BCUT2D eigenvalue weighted by molar-refractivity contribution is 0.0349. The number of carbonyl (C=O) groups is 1. The monoisotopic (exact) mass is 401 g/mol. The molecule has 1 aliphatic heterocycles. The Bertz CT molecular complexity index is 989. The number of amides is 1. The molecule has 1 amide bonds. The predicted octanol–water partition coefficient (Wildman–Crippen LogP) is 3.42. The Hall–Kier alpha value is -3.02. The van der Waals surface area contributed by atoms with E-state index in [4.69, 9.17) is 0 Å². The molecular weight excluding hydrogens is 374 g/mol. The van der Waals surface area contributed by atoms with Gasteiger partial charge in [0, 0.05) is 37.6 Å². The van der Waals surface area contributed by atoms with Gasteiger partial charge in [-0.3, -0.25) is 14.7 Å². The number of benzene rings is 2. The molecule has 1 fully saturated rings. The van der Waals surface area contributed by atoms with Gasteiger partial charge in [0.1, 0.15) is 0 Å². The Morgan fingerprint density at radius 2 is 1.87 bits per heavy atom. The van der Waals surface area contributed by atoms with Crippen LogP contribution in [-0.4, -0.2) is 46.1 Å². The summed E-state index contributed by atoms with van der Waals surface area (Å²) in [7, 11) is 0. The fraction of sp³-hybridized carbons (Fsp3) is 0.280. The van der Waals surface area contributed by atoms with E-state index in [-0.39, 0.29) is 11.9 Å². The first kappa shape index (κ1) is 20.3. The fourth-order valence-corrected chi connectivity index (χ4v) is 3.95. The summed E-state index contributed by atoms with van der Waals surface area (Å²) in [5, 5.41) is 13.5. The van der Waals surface area contributed by atoms with Crippen LogP contribution in [0.5, 0.6) is 0 Å². The second-order valence-electron chi connectivity index (χ2n) is 7.97. The van der Waals surface area contributed by atoms with Crippen molar-refractivity contribution < 1.29 is 9.90 Å². The van der Waals surface area contributed by atoms with E-state index in [1.807, 2.05) is 0 Å². The Labute approximate surface area is 177 Å². The minimum absolute atomic E-state index is 0.165. The lowest BCUT2D eigenvalue weighted by atomic mass is 9.99. The highest BCUT2D eigenvalue weighted by atomic mass is 16.3. The molecular formula is C25H27N3O2. The third-order valence-corrected chi connectivity index (χ3v) is 5.64. The van der Waals surface area contributed by atoms with Crippen molar-refractivity contribution in [2.24, 2.45) is 0 Å². The van der Waals surface area contributed by atoms with E-state index in [9.17, 15) is 9.90 Å². The number of pyridine rings is 1. The highest BCUT2D eigenvalue weighted by molar-refractivity contribution is 5.94. The SMILES string of the molecule is Cc1cccc(-c2ccc(CN3CC[C@@H](NC(=O)c4ccncc4)[C@H](O)C3)cc2)c1. The molecule has 4 rings (SSSR count). The Balaban J connectivity index is 1.32. The summed E-state index contributed by atoms with van der Waals surface area (Å²) in [6, 6.07) is 20.2. The largest absolute Gasteiger partial charge is 0.390 e. The molecule has 2 heterocycles. The summed E-state index contributed by atoms with van der Waals surface area (Å²) in [4.78, 5) is 18.5. The first-order valence-electron chi connectivity index (χ1n) is 10.4. The van der Waals surface area contributed by atoms with Gasteiger partial charge in [-0.1, -0.05) is 54.1 Å². The molecule has 5 nitrogen and oxygen atoms in total. The van der Waals surface area contributed by atoms with Gasteiger partial charge in [0.25, 0.3) is 5.91 Å². The lowest BCUT2D eigenvalue weighted by Gasteiger charge is -2.36. The second kappa shape index (κ2) is 9.20. The first-order valence-corrected chi connectivity index (χ1v) is 10.4. The Morgan fingerprint density at radius 1 is 1.10 bits per heavy atom. The van der Waals surface area contributed by atoms with Crippen LogP contribution in [0.1, 0.15) is 27.9 Å². The van der Waals surface area contributed by atoms with E-state index >= 15 is 0 Å². The van der Waals surface area contributed by atoms with Crippen LogP contribution in [0.4, 0.5) is 0 Å². The maximum atomic E-state index is 12.3. The van der Waals surface area contributed by atoms with Crippen LogP contribution in [-0.2, 0) is 6.54 Å². The summed E-state index contributed by atoms with van der Waals surface area (Å²) < 4.78 is 0. The molecule has 1 aromatic heterocycles. The number of aromatic nitrogens is 1. The van der Waals surface area contributed by atoms with Gasteiger partial charge >= 0.3 is 0 Å². The third kappa shape index (κ3) is 4.93. The van der Waals surface area contributed by atoms with Crippen molar-refractivity contribution in [2.45, 2.75) is 32.0 Å². The molecule has 3 aromatic rings.